The smallest absolute Gasteiger partial charge is 0.256 e. The van der Waals surface area contributed by atoms with E-state index in [4.69, 9.17) is 4.74 Å². The van der Waals surface area contributed by atoms with Crippen LogP contribution in [-0.4, -0.2) is 42.4 Å². The summed E-state index contributed by atoms with van der Waals surface area (Å²) < 4.78 is 5.50. The monoisotopic (exact) mass is 470 g/mol. The molecule has 3 aromatic carbocycles. The van der Waals surface area contributed by atoms with Crippen molar-refractivity contribution in [3.8, 4) is 0 Å². The summed E-state index contributed by atoms with van der Waals surface area (Å²) in [6.07, 6.45) is 3.98. The SMILES string of the molecule is Cc1cccc(C(=O)Nc2ccc(N3CCOCC3)cc2/C=C/c2n[nH]c3ccccc23)c1S. The number of fused-ring (bicyclic) bond motifs is 1. The van der Waals surface area contributed by atoms with Crippen LogP contribution in [0.1, 0.15) is 27.2 Å². The predicted molar refractivity (Wildman–Crippen MR) is 141 cm³/mol. The van der Waals surface area contributed by atoms with Gasteiger partial charge >= 0.3 is 0 Å². The summed E-state index contributed by atoms with van der Waals surface area (Å²) in [5, 5.41) is 11.6. The Labute approximate surface area is 204 Å². The van der Waals surface area contributed by atoms with Gasteiger partial charge in [-0.05, 0) is 48.9 Å². The molecule has 1 aromatic heterocycles. The number of aryl methyl sites for hydroxylation is 1. The van der Waals surface area contributed by atoms with E-state index in [9.17, 15) is 4.79 Å². The fourth-order valence-corrected chi connectivity index (χ4v) is 4.38. The molecule has 0 atom stereocenters. The minimum absolute atomic E-state index is 0.187. The molecule has 1 fully saturated rings. The highest BCUT2D eigenvalue weighted by Gasteiger charge is 2.16. The highest BCUT2D eigenvalue weighted by molar-refractivity contribution is 7.80. The maximum Gasteiger partial charge on any atom is 0.256 e. The number of thiol groups is 1. The van der Waals surface area contributed by atoms with Gasteiger partial charge in [0.2, 0.25) is 0 Å². The maximum atomic E-state index is 13.1. The number of hydrogen-bond acceptors (Lipinski definition) is 5. The Hall–Kier alpha value is -3.55. The number of hydrogen-bond donors (Lipinski definition) is 3. The summed E-state index contributed by atoms with van der Waals surface area (Å²) in [5.74, 6) is -0.187. The van der Waals surface area contributed by atoms with E-state index in [2.05, 4.69) is 39.1 Å². The number of anilines is 2. The van der Waals surface area contributed by atoms with E-state index in [1.807, 2.05) is 67.6 Å². The zero-order valence-corrected chi connectivity index (χ0v) is 19.8. The van der Waals surface area contributed by atoms with Crippen molar-refractivity contribution in [2.45, 2.75) is 11.8 Å². The van der Waals surface area contributed by atoms with Crippen LogP contribution in [0.5, 0.6) is 0 Å². The van der Waals surface area contributed by atoms with Crippen molar-refractivity contribution < 1.29 is 9.53 Å². The van der Waals surface area contributed by atoms with Gasteiger partial charge in [0.05, 0.1) is 30.0 Å². The Morgan fingerprint density at radius 1 is 1.09 bits per heavy atom. The van der Waals surface area contributed by atoms with Crippen LogP contribution in [0.25, 0.3) is 23.1 Å². The number of nitrogens with zero attached hydrogens (tertiary/aromatic N) is 2. The van der Waals surface area contributed by atoms with Gasteiger partial charge in [0.1, 0.15) is 0 Å². The first-order valence-corrected chi connectivity index (χ1v) is 11.7. The maximum absolute atomic E-state index is 13.1. The van der Waals surface area contributed by atoms with Crippen LogP contribution in [0.3, 0.4) is 0 Å². The zero-order valence-electron chi connectivity index (χ0n) is 18.9. The van der Waals surface area contributed by atoms with Gasteiger partial charge in [0.15, 0.2) is 0 Å². The lowest BCUT2D eigenvalue weighted by Gasteiger charge is -2.29. The number of ether oxygens (including phenoxy) is 1. The van der Waals surface area contributed by atoms with Crippen molar-refractivity contribution in [1.29, 1.82) is 0 Å². The quantitative estimate of drug-likeness (QED) is 0.341. The molecular formula is C27H26N4O2S. The second kappa shape index (κ2) is 9.75. The number of nitrogens with one attached hydrogen (secondary N) is 2. The summed E-state index contributed by atoms with van der Waals surface area (Å²) in [6.45, 7) is 5.04. The first kappa shape index (κ1) is 22.3. The van der Waals surface area contributed by atoms with E-state index in [1.165, 1.54) is 0 Å². The number of benzene rings is 3. The third-order valence-corrected chi connectivity index (χ3v) is 6.66. The summed E-state index contributed by atoms with van der Waals surface area (Å²) in [4.78, 5) is 16.1. The Morgan fingerprint density at radius 3 is 2.76 bits per heavy atom. The highest BCUT2D eigenvalue weighted by atomic mass is 32.1. The lowest BCUT2D eigenvalue weighted by molar-refractivity contribution is 0.102. The van der Waals surface area contributed by atoms with E-state index in [1.54, 1.807) is 6.07 Å². The molecule has 2 heterocycles. The van der Waals surface area contributed by atoms with Crippen LogP contribution in [0.15, 0.2) is 65.6 Å². The van der Waals surface area contributed by atoms with Crippen molar-refractivity contribution in [3.63, 3.8) is 0 Å². The topological polar surface area (TPSA) is 70.2 Å². The number of morpholine rings is 1. The lowest BCUT2D eigenvalue weighted by Crippen LogP contribution is -2.36. The summed E-state index contributed by atoms with van der Waals surface area (Å²) in [5.41, 5.74) is 6.07. The molecule has 34 heavy (non-hydrogen) atoms. The van der Waals surface area contributed by atoms with Gasteiger partial charge in [-0.15, -0.1) is 12.6 Å². The molecule has 7 heteroatoms. The Bertz CT molecular complexity index is 1370. The van der Waals surface area contributed by atoms with E-state index in [-0.39, 0.29) is 5.91 Å². The van der Waals surface area contributed by atoms with E-state index >= 15 is 0 Å². The molecule has 0 aliphatic carbocycles. The molecule has 1 aliphatic rings. The number of aromatic nitrogens is 2. The van der Waals surface area contributed by atoms with Crippen LogP contribution >= 0.6 is 12.6 Å². The molecule has 0 spiro atoms. The minimum Gasteiger partial charge on any atom is -0.378 e. The average Bonchev–Trinajstić information content (AvgIpc) is 3.28. The molecule has 5 rings (SSSR count). The molecule has 0 bridgehead atoms. The molecule has 0 unspecified atom stereocenters. The Morgan fingerprint density at radius 2 is 1.91 bits per heavy atom. The molecule has 4 aromatic rings. The molecule has 0 radical (unpaired) electrons. The first-order valence-electron chi connectivity index (χ1n) is 11.3. The average molecular weight is 471 g/mol. The van der Waals surface area contributed by atoms with Crippen molar-refractivity contribution in [1.82, 2.24) is 10.2 Å². The second-order valence-corrected chi connectivity index (χ2v) is 8.73. The molecule has 1 amide bonds. The number of carbonyl (C=O) groups excluding carboxylic acids is 1. The lowest BCUT2D eigenvalue weighted by atomic mass is 10.1. The van der Waals surface area contributed by atoms with E-state index in [0.717, 1.165) is 52.2 Å². The highest BCUT2D eigenvalue weighted by Crippen LogP contribution is 2.28. The summed E-state index contributed by atoms with van der Waals surface area (Å²) >= 11 is 4.54. The number of para-hydroxylation sites is 1. The fraction of sp³-hybridized carbons (Fsp3) is 0.185. The number of carbonyl (C=O) groups is 1. The van der Waals surface area contributed by atoms with Gasteiger partial charge in [-0.3, -0.25) is 9.89 Å². The van der Waals surface area contributed by atoms with Crippen LogP contribution in [0.4, 0.5) is 11.4 Å². The number of aromatic amines is 1. The standard InChI is InChI=1S/C27H26N4O2S/c1-18-5-4-7-22(26(18)34)27(32)28-23-12-10-20(31-13-15-33-16-14-31)17-19(23)9-11-25-21-6-2-3-8-24(21)29-30-25/h2-12,17,34H,13-16H2,1H3,(H,28,32)(H,29,30)/b11-9+. The first-order chi connectivity index (χ1) is 16.6. The molecule has 2 N–H and O–H groups in total. The zero-order chi connectivity index (χ0) is 23.5. The normalized spacial score (nSPS) is 14.1. The fourth-order valence-electron chi connectivity index (χ4n) is 4.13. The van der Waals surface area contributed by atoms with Crippen LogP contribution < -0.4 is 10.2 Å². The predicted octanol–water partition coefficient (Wildman–Crippen LogP) is 5.42. The molecule has 0 saturated carbocycles. The van der Waals surface area contributed by atoms with E-state index in [0.29, 0.717) is 23.7 Å². The Balaban J connectivity index is 1.50. The van der Waals surface area contributed by atoms with Crippen LogP contribution in [-0.2, 0) is 4.74 Å². The van der Waals surface area contributed by atoms with Crippen LogP contribution in [0.2, 0.25) is 0 Å². The minimum atomic E-state index is -0.187. The van der Waals surface area contributed by atoms with Crippen molar-refractivity contribution in [2.75, 3.05) is 36.5 Å². The van der Waals surface area contributed by atoms with Gasteiger partial charge < -0.3 is 15.0 Å². The third kappa shape index (κ3) is 4.58. The van der Waals surface area contributed by atoms with Crippen molar-refractivity contribution in [3.05, 3.63) is 83.0 Å². The van der Waals surface area contributed by atoms with Crippen LogP contribution in [0, 0.1) is 6.92 Å². The third-order valence-electron chi connectivity index (χ3n) is 6.06. The number of rotatable bonds is 5. The van der Waals surface area contributed by atoms with Gasteiger partial charge in [-0.1, -0.05) is 36.4 Å². The van der Waals surface area contributed by atoms with Gasteiger partial charge in [-0.2, -0.15) is 5.10 Å². The van der Waals surface area contributed by atoms with Crippen molar-refractivity contribution >= 4 is 53.0 Å². The van der Waals surface area contributed by atoms with Gasteiger partial charge in [0.25, 0.3) is 5.91 Å². The largest absolute Gasteiger partial charge is 0.378 e. The molecule has 1 aliphatic heterocycles. The van der Waals surface area contributed by atoms with Gasteiger partial charge in [0, 0.05) is 40.3 Å². The summed E-state index contributed by atoms with van der Waals surface area (Å²) in [7, 11) is 0. The molecular weight excluding hydrogens is 444 g/mol. The second-order valence-electron chi connectivity index (χ2n) is 8.28. The molecule has 172 valence electrons. The summed E-state index contributed by atoms with van der Waals surface area (Å²) in [6, 6.07) is 19.7. The Kier molecular flexibility index (Phi) is 6.38. The molecule has 1 saturated heterocycles. The van der Waals surface area contributed by atoms with Crippen molar-refractivity contribution in [2.24, 2.45) is 0 Å². The van der Waals surface area contributed by atoms with Gasteiger partial charge in [-0.25, -0.2) is 0 Å². The molecule has 6 nitrogen and oxygen atoms in total. The number of amides is 1. The van der Waals surface area contributed by atoms with E-state index < -0.39 is 0 Å². The number of H-pyrrole nitrogens is 1.